The Morgan fingerprint density at radius 3 is 2.54 bits per heavy atom. The van der Waals surface area contributed by atoms with Gasteiger partial charge in [-0.2, -0.15) is 0 Å². The first-order valence-corrected chi connectivity index (χ1v) is 10.6. The molecular formula is C22H26F2N2OS. The van der Waals surface area contributed by atoms with Gasteiger partial charge in [0.25, 0.3) is 0 Å². The zero-order valence-electron chi connectivity index (χ0n) is 16.1. The number of hydrogen-bond donors (Lipinski definition) is 1. The molecule has 150 valence electrons. The number of carbonyl (C=O) groups is 1. The third kappa shape index (κ3) is 6.04. The molecule has 0 saturated carbocycles. The summed E-state index contributed by atoms with van der Waals surface area (Å²) in [6, 6.07) is 11.6. The second-order valence-electron chi connectivity index (χ2n) is 7.22. The minimum Gasteiger partial charge on any atom is -0.352 e. The standard InChI is InChI=1S/C22H26F2N2OS/c1-16-2-3-17(14-21(16)24)15-25-22(27)18-8-10-26(11-9-18)12-13-28-20-6-4-19(23)5-7-20/h2-7,14,18H,8-13,15H2,1H3,(H,25,27). The highest BCUT2D eigenvalue weighted by Crippen LogP contribution is 2.21. The van der Waals surface area contributed by atoms with Gasteiger partial charge in [0, 0.05) is 29.7 Å². The number of thioether (sulfide) groups is 1. The number of nitrogens with one attached hydrogen (secondary N) is 1. The molecule has 0 radical (unpaired) electrons. The maximum absolute atomic E-state index is 13.6. The number of benzene rings is 2. The lowest BCUT2D eigenvalue weighted by atomic mass is 9.96. The summed E-state index contributed by atoms with van der Waals surface area (Å²) in [5.74, 6) is 0.579. The zero-order valence-corrected chi connectivity index (χ0v) is 16.9. The molecule has 0 bridgehead atoms. The molecule has 28 heavy (non-hydrogen) atoms. The van der Waals surface area contributed by atoms with Crippen LogP contribution >= 0.6 is 11.8 Å². The second kappa shape index (κ2) is 10.0. The molecule has 1 saturated heterocycles. The minimum atomic E-state index is -0.237. The van der Waals surface area contributed by atoms with Gasteiger partial charge in [-0.25, -0.2) is 8.78 Å². The van der Waals surface area contributed by atoms with Crippen molar-refractivity contribution < 1.29 is 13.6 Å². The van der Waals surface area contributed by atoms with Gasteiger partial charge < -0.3 is 10.2 Å². The molecular weight excluding hydrogens is 378 g/mol. The van der Waals surface area contributed by atoms with E-state index in [1.807, 2.05) is 6.07 Å². The van der Waals surface area contributed by atoms with Gasteiger partial charge in [-0.15, -0.1) is 11.8 Å². The fraction of sp³-hybridized carbons (Fsp3) is 0.409. The normalized spacial score (nSPS) is 15.5. The molecule has 1 aliphatic rings. The number of amides is 1. The molecule has 0 aliphatic carbocycles. The van der Waals surface area contributed by atoms with Crippen molar-refractivity contribution in [3.63, 3.8) is 0 Å². The van der Waals surface area contributed by atoms with Crippen molar-refractivity contribution in [1.29, 1.82) is 0 Å². The lowest BCUT2D eigenvalue weighted by Crippen LogP contribution is -2.41. The molecule has 1 fully saturated rings. The second-order valence-corrected chi connectivity index (χ2v) is 8.39. The summed E-state index contributed by atoms with van der Waals surface area (Å²) < 4.78 is 26.5. The molecule has 3 nitrogen and oxygen atoms in total. The first-order valence-electron chi connectivity index (χ1n) is 9.65. The summed E-state index contributed by atoms with van der Waals surface area (Å²) in [5, 5.41) is 2.94. The maximum Gasteiger partial charge on any atom is 0.223 e. The molecule has 3 rings (SSSR count). The monoisotopic (exact) mass is 404 g/mol. The van der Waals surface area contributed by atoms with Crippen molar-refractivity contribution in [2.75, 3.05) is 25.4 Å². The summed E-state index contributed by atoms with van der Waals surface area (Å²) in [4.78, 5) is 15.8. The highest BCUT2D eigenvalue weighted by atomic mass is 32.2. The van der Waals surface area contributed by atoms with E-state index >= 15 is 0 Å². The SMILES string of the molecule is Cc1ccc(CNC(=O)C2CCN(CCSc3ccc(F)cc3)CC2)cc1F. The Balaban J connectivity index is 1.35. The average molecular weight is 405 g/mol. The smallest absolute Gasteiger partial charge is 0.223 e. The summed E-state index contributed by atoms with van der Waals surface area (Å²) in [5.41, 5.74) is 1.40. The van der Waals surface area contributed by atoms with Gasteiger partial charge in [0.2, 0.25) is 5.91 Å². The first kappa shape index (κ1) is 20.8. The van der Waals surface area contributed by atoms with E-state index in [-0.39, 0.29) is 23.5 Å². The van der Waals surface area contributed by atoms with Gasteiger partial charge in [-0.1, -0.05) is 12.1 Å². The predicted octanol–water partition coefficient (Wildman–Crippen LogP) is 4.39. The third-order valence-corrected chi connectivity index (χ3v) is 6.14. The van der Waals surface area contributed by atoms with Crippen LogP contribution in [0.15, 0.2) is 47.4 Å². The summed E-state index contributed by atoms with van der Waals surface area (Å²) in [6.07, 6.45) is 1.69. The fourth-order valence-electron chi connectivity index (χ4n) is 3.32. The average Bonchev–Trinajstić information content (AvgIpc) is 2.70. The van der Waals surface area contributed by atoms with E-state index in [0.29, 0.717) is 12.1 Å². The number of nitrogens with zero attached hydrogens (tertiary/aromatic N) is 1. The molecule has 0 spiro atoms. The van der Waals surface area contributed by atoms with Crippen molar-refractivity contribution in [3.8, 4) is 0 Å². The third-order valence-electron chi connectivity index (χ3n) is 5.15. The van der Waals surface area contributed by atoms with E-state index in [4.69, 9.17) is 0 Å². The Kier molecular flexibility index (Phi) is 7.45. The summed E-state index contributed by atoms with van der Waals surface area (Å²) >= 11 is 1.72. The number of halogens is 2. The van der Waals surface area contributed by atoms with Gasteiger partial charge in [-0.3, -0.25) is 4.79 Å². The van der Waals surface area contributed by atoms with E-state index in [0.717, 1.165) is 48.7 Å². The Bertz CT molecular complexity index is 790. The molecule has 2 aromatic rings. The lowest BCUT2D eigenvalue weighted by molar-refractivity contribution is -0.126. The van der Waals surface area contributed by atoms with Gasteiger partial charge in [-0.05, 0) is 74.3 Å². The largest absolute Gasteiger partial charge is 0.352 e. The number of hydrogen-bond acceptors (Lipinski definition) is 3. The topological polar surface area (TPSA) is 32.3 Å². The molecule has 1 heterocycles. The maximum atomic E-state index is 13.6. The number of rotatable bonds is 7. The number of likely N-dealkylation sites (tertiary alicyclic amines) is 1. The van der Waals surface area contributed by atoms with Crippen LogP contribution in [0, 0.1) is 24.5 Å². The fourth-order valence-corrected chi connectivity index (χ4v) is 4.24. The number of carbonyl (C=O) groups excluding carboxylic acids is 1. The van der Waals surface area contributed by atoms with Gasteiger partial charge in [0.1, 0.15) is 11.6 Å². The molecule has 0 unspecified atom stereocenters. The van der Waals surface area contributed by atoms with Crippen LogP contribution in [-0.2, 0) is 11.3 Å². The van der Waals surface area contributed by atoms with Gasteiger partial charge >= 0.3 is 0 Å². The minimum absolute atomic E-state index is 0.0243. The molecule has 1 N–H and O–H groups in total. The van der Waals surface area contributed by atoms with E-state index in [1.54, 1.807) is 36.9 Å². The zero-order chi connectivity index (χ0) is 19.9. The molecule has 1 amide bonds. The number of aryl methyl sites for hydroxylation is 1. The predicted molar refractivity (Wildman–Crippen MR) is 109 cm³/mol. The van der Waals surface area contributed by atoms with Crippen molar-refractivity contribution in [2.45, 2.75) is 31.2 Å². The van der Waals surface area contributed by atoms with E-state index in [9.17, 15) is 13.6 Å². The van der Waals surface area contributed by atoms with Crippen LogP contribution in [0.25, 0.3) is 0 Å². The van der Waals surface area contributed by atoms with E-state index in [2.05, 4.69) is 10.2 Å². The Labute approximate surface area is 169 Å². The van der Waals surface area contributed by atoms with Crippen LogP contribution in [0.5, 0.6) is 0 Å². The van der Waals surface area contributed by atoms with Crippen LogP contribution in [0.1, 0.15) is 24.0 Å². The highest BCUT2D eigenvalue weighted by molar-refractivity contribution is 7.99. The van der Waals surface area contributed by atoms with Crippen LogP contribution < -0.4 is 5.32 Å². The Morgan fingerprint density at radius 1 is 1.14 bits per heavy atom. The van der Waals surface area contributed by atoms with Gasteiger partial charge in [0.05, 0.1) is 0 Å². The van der Waals surface area contributed by atoms with E-state index in [1.165, 1.54) is 18.2 Å². The van der Waals surface area contributed by atoms with Crippen molar-refractivity contribution >= 4 is 17.7 Å². The molecule has 2 aromatic carbocycles. The van der Waals surface area contributed by atoms with Crippen LogP contribution in [-0.4, -0.2) is 36.2 Å². The Morgan fingerprint density at radius 2 is 1.86 bits per heavy atom. The molecule has 1 aliphatic heterocycles. The van der Waals surface area contributed by atoms with Crippen molar-refractivity contribution in [3.05, 3.63) is 65.2 Å². The lowest BCUT2D eigenvalue weighted by Gasteiger charge is -2.31. The molecule has 0 aromatic heterocycles. The number of piperidine rings is 1. The summed E-state index contributed by atoms with van der Waals surface area (Å²) in [6.45, 7) is 4.86. The van der Waals surface area contributed by atoms with Crippen LogP contribution in [0.4, 0.5) is 8.78 Å². The highest BCUT2D eigenvalue weighted by Gasteiger charge is 2.24. The van der Waals surface area contributed by atoms with Crippen LogP contribution in [0.2, 0.25) is 0 Å². The Hall–Kier alpha value is -1.92. The molecule has 0 atom stereocenters. The van der Waals surface area contributed by atoms with Crippen LogP contribution in [0.3, 0.4) is 0 Å². The van der Waals surface area contributed by atoms with Gasteiger partial charge in [0.15, 0.2) is 0 Å². The quantitative estimate of drug-likeness (QED) is 0.695. The van der Waals surface area contributed by atoms with E-state index < -0.39 is 0 Å². The van der Waals surface area contributed by atoms with Crippen molar-refractivity contribution in [2.24, 2.45) is 5.92 Å². The first-order chi connectivity index (χ1) is 13.5. The van der Waals surface area contributed by atoms with Crippen molar-refractivity contribution in [1.82, 2.24) is 10.2 Å². The summed E-state index contributed by atoms with van der Waals surface area (Å²) in [7, 11) is 0. The molecule has 6 heteroatoms.